The quantitative estimate of drug-likeness (QED) is 0.573. The smallest absolute Gasteiger partial charge is 0.240 e. The van der Waals surface area contributed by atoms with Gasteiger partial charge in [-0.1, -0.05) is 13.0 Å². The highest BCUT2D eigenvalue weighted by molar-refractivity contribution is 6.07. The lowest BCUT2D eigenvalue weighted by atomic mass is 9.90. The molecule has 33 heavy (non-hydrogen) atoms. The lowest BCUT2D eigenvalue weighted by molar-refractivity contribution is -0.122. The first-order valence-electron chi connectivity index (χ1n) is 11.9. The molecule has 2 aliphatic rings. The van der Waals surface area contributed by atoms with Crippen LogP contribution in [0.3, 0.4) is 0 Å². The van der Waals surface area contributed by atoms with E-state index in [1.54, 1.807) is 0 Å². The predicted molar refractivity (Wildman–Crippen MR) is 128 cm³/mol. The van der Waals surface area contributed by atoms with Gasteiger partial charge in [0.2, 0.25) is 11.8 Å². The van der Waals surface area contributed by atoms with E-state index in [0.29, 0.717) is 30.5 Å². The van der Waals surface area contributed by atoms with Crippen LogP contribution in [0.1, 0.15) is 45.1 Å². The van der Waals surface area contributed by atoms with Gasteiger partial charge in [-0.25, -0.2) is 10.4 Å². The molecule has 2 atom stereocenters. The van der Waals surface area contributed by atoms with Crippen molar-refractivity contribution in [3.63, 3.8) is 0 Å². The predicted octanol–water partition coefficient (Wildman–Crippen LogP) is 4.61. The second-order valence-electron chi connectivity index (χ2n) is 8.94. The number of aromatic nitrogens is 1. The van der Waals surface area contributed by atoms with Crippen molar-refractivity contribution in [1.29, 1.82) is 0 Å². The Bertz CT molecular complexity index is 1170. The summed E-state index contributed by atoms with van der Waals surface area (Å²) in [6.45, 7) is 7.19. The normalized spacial score (nSPS) is 21.3. The summed E-state index contributed by atoms with van der Waals surface area (Å²) in [4.78, 5) is 18.8. The van der Waals surface area contributed by atoms with E-state index >= 15 is 0 Å². The first kappa shape index (κ1) is 21.6. The lowest BCUT2D eigenvalue weighted by Crippen LogP contribution is -2.33. The van der Waals surface area contributed by atoms with Crippen LogP contribution in [0.2, 0.25) is 0 Å². The molecule has 1 N–H and O–H groups in total. The number of carbonyl (C=O) groups is 1. The molecular weight excluding hydrogens is 416 g/mol. The first-order valence-corrected chi connectivity index (χ1v) is 11.9. The molecule has 5 rings (SSSR count). The summed E-state index contributed by atoms with van der Waals surface area (Å²) in [5, 5.41) is 4.31. The highest BCUT2D eigenvalue weighted by atomic mass is 16.5. The number of oxazole rings is 1. The van der Waals surface area contributed by atoms with E-state index in [1.807, 2.05) is 42.5 Å². The number of hydrogen-bond donors (Lipinski definition) is 1. The number of fused-ring (bicyclic) bond motifs is 1. The monoisotopic (exact) mass is 446 g/mol. The van der Waals surface area contributed by atoms with Crippen LogP contribution in [-0.2, 0) is 4.79 Å². The Morgan fingerprint density at radius 2 is 2.00 bits per heavy atom. The van der Waals surface area contributed by atoms with Crippen molar-refractivity contribution >= 4 is 22.7 Å². The van der Waals surface area contributed by atoms with E-state index in [4.69, 9.17) is 9.15 Å². The van der Waals surface area contributed by atoms with E-state index < -0.39 is 0 Å². The molecule has 1 saturated heterocycles. The van der Waals surface area contributed by atoms with Gasteiger partial charge in [0.1, 0.15) is 17.9 Å². The molecule has 7 heteroatoms. The molecule has 2 unspecified atom stereocenters. The van der Waals surface area contributed by atoms with Crippen molar-refractivity contribution in [3.8, 4) is 17.2 Å². The number of nitrogens with one attached hydrogen (secondary N) is 1. The average Bonchev–Trinajstić information content (AvgIpc) is 3.45. The van der Waals surface area contributed by atoms with E-state index in [2.05, 4.69) is 34.3 Å². The van der Waals surface area contributed by atoms with Crippen LogP contribution in [0.15, 0.2) is 52.0 Å². The van der Waals surface area contributed by atoms with Gasteiger partial charge in [0.05, 0.1) is 5.71 Å². The fraction of sp³-hybridized carbons (Fsp3) is 0.423. The number of nitrogens with zero attached hydrogens (tertiary/aromatic N) is 3. The molecule has 2 aromatic carbocycles. The van der Waals surface area contributed by atoms with Crippen LogP contribution in [0.4, 0.5) is 0 Å². The van der Waals surface area contributed by atoms with Crippen LogP contribution in [0.25, 0.3) is 22.6 Å². The maximum Gasteiger partial charge on any atom is 0.240 e. The average molecular weight is 447 g/mol. The van der Waals surface area contributed by atoms with Gasteiger partial charge in [-0.05, 0) is 69.1 Å². The van der Waals surface area contributed by atoms with Crippen molar-refractivity contribution in [2.24, 2.45) is 11.0 Å². The minimum Gasteiger partial charge on any atom is -0.492 e. The minimum atomic E-state index is -0.0355. The molecule has 1 fully saturated rings. The van der Waals surface area contributed by atoms with Crippen molar-refractivity contribution in [2.45, 2.75) is 45.6 Å². The van der Waals surface area contributed by atoms with Crippen LogP contribution in [-0.4, -0.2) is 47.2 Å². The minimum absolute atomic E-state index is 0.0355. The van der Waals surface area contributed by atoms with Crippen molar-refractivity contribution in [2.75, 3.05) is 19.7 Å². The van der Waals surface area contributed by atoms with Gasteiger partial charge < -0.3 is 9.15 Å². The highest BCUT2D eigenvalue weighted by Crippen LogP contribution is 2.28. The lowest BCUT2D eigenvalue weighted by Gasteiger charge is -2.21. The van der Waals surface area contributed by atoms with Crippen molar-refractivity contribution in [3.05, 3.63) is 48.0 Å². The third kappa shape index (κ3) is 4.64. The zero-order chi connectivity index (χ0) is 22.8. The van der Waals surface area contributed by atoms with Gasteiger partial charge in [-0.2, -0.15) is 5.10 Å². The SMILES string of the molecule is CCC1CC(=O)NN=C1c1ccc2nc(-c3ccc(OCCN4CCCC4C)cc3)oc2c1. The molecular formula is C26H30N4O3. The largest absolute Gasteiger partial charge is 0.492 e. The maximum atomic E-state index is 11.7. The molecule has 7 nitrogen and oxygen atoms in total. The van der Waals surface area contributed by atoms with Gasteiger partial charge >= 0.3 is 0 Å². The number of hydrazone groups is 1. The highest BCUT2D eigenvalue weighted by Gasteiger charge is 2.25. The molecule has 0 aliphatic carbocycles. The Hall–Kier alpha value is -3.19. The summed E-state index contributed by atoms with van der Waals surface area (Å²) in [6.07, 6.45) is 3.88. The molecule has 0 radical (unpaired) electrons. The van der Waals surface area contributed by atoms with Crippen molar-refractivity contribution < 1.29 is 13.9 Å². The standard InChI is InChI=1S/C26H30N4O3/c1-3-18-16-24(31)28-29-25(18)20-8-11-22-23(15-20)33-26(27-22)19-6-9-21(10-7-19)32-14-13-30-12-4-5-17(30)2/h6-11,15,17-18H,3-5,12-14,16H2,1-2H3,(H,28,31). The summed E-state index contributed by atoms with van der Waals surface area (Å²) in [6, 6.07) is 14.4. The van der Waals surface area contributed by atoms with E-state index in [1.165, 1.54) is 19.4 Å². The van der Waals surface area contributed by atoms with Gasteiger partial charge in [-0.15, -0.1) is 0 Å². The first-order chi connectivity index (χ1) is 16.1. The number of likely N-dealkylation sites (tertiary alicyclic amines) is 1. The van der Waals surface area contributed by atoms with Gasteiger partial charge in [0, 0.05) is 36.1 Å². The third-order valence-electron chi connectivity index (χ3n) is 6.74. The summed E-state index contributed by atoms with van der Waals surface area (Å²) in [5.74, 6) is 1.50. The fourth-order valence-corrected chi connectivity index (χ4v) is 4.72. The molecule has 0 bridgehead atoms. The summed E-state index contributed by atoms with van der Waals surface area (Å²) in [7, 11) is 0. The number of rotatable bonds is 7. The van der Waals surface area contributed by atoms with E-state index in [-0.39, 0.29) is 11.8 Å². The second-order valence-corrected chi connectivity index (χ2v) is 8.94. The number of amides is 1. The number of carbonyl (C=O) groups excluding carboxylic acids is 1. The Balaban J connectivity index is 1.28. The van der Waals surface area contributed by atoms with E-state index in [9.17, 15) is 4.79 Å². The van der Waals surface area contributed by atoms with Gasteiger partial charge in [0.15, 0.2) is 5.58 Å². The van der Waals surface area contributed by atoms with Crippen LogP contribution >= 0.6 is 0 Å². The van der Waals surface area contributed by atoms with Crippen LogP contribution in [0.5, 0.6) is 5.75 Å². The zero-order valence-electron chi connectivity index (χ0n) is 19.2. The fourth-order valence-electron chi connectivity index (χ4n) is 4.72. The van der Waals surface area contributed by atoms with Crippen molar-refractivity contribution in [1.82, 2.24) is 15.3 Å². The molecule has 3 aromatic rings. The van der Waals surface area contributed by atoms with Gasteiger partial charge in [-0.3, -0.25) is 9.69 Å². The number of benzene rings is 2. The molecule has 172 valence electrons. The Labute approximate surface area is 193 Å². The molecule has 1 aromatic heterocycles. The molecule has 2 aliphatic heterocycles. The maximum absolute atomic E-state index is 11.7. The number of ether oxygens (including phenoxy) is 1. The Morgan fingerprint density at radius 1 is 1.18 bits per heavy atom. The summed E-state index contributed by atoms with van der Waals surface area (Å²) >= 11 is 0. The summed E-state index contributed by atoms with van der Waals surface area (Å²) < 4.78 is 12.0. The zero-order valence-corrected chi connectivity index (χ0v) is 19.2. The molecule has 3 heterocycles. The molecule has 0 saturated carbocycles. The Kier molecular flexibility index (Phi) is 6.13. The Morgan fingerprint density at radius 3 is 2.76 bits per heavy atom. The molecule has 0 spiro atoms. The molecule has 1 amide bonds. The second kappa shape index (κ2) is 9.35. The van der Waals surface area contributed by atoms with Crippen LogP contribution < -0.4 is 10.2 Å². The number of hydrogen-bond acceptors (Lipinski definition) is 6. The topological polar surface area (TPSA) is 80.0 Å². The van der Waals surface area contributed by atoms with Gasteiger partial charge in [0.25, 0.3) is 0 Å². The van der Waals surface area contributed by atoms with E-state index in [0.717, 1.165) is 41.1 Å². The third-order valence-corrected chi connectivity index (χ3v) is 6.74. The van der Waals surface area contributed by atoms with Crippen LogP contribution in [0, 0.1) is 5.92 Å². The summed E-state index contributed by atoms with van der Waals surface area (Å²) in [5.41, 5.74) is 6.85.